The predicted octanol–water partition coefficient (Wildman–Crippen LogP) is 3.73. The largest absolute Gasteiger partial charge is 0.165 e. The highest BCUT2D eigenvalue weighted by Gasteiger charge is 2.18. The highest BCUT2D eigenvalue weighted by molar-refractivity contribution is 9.40. The van der Waals surface area contributed by atoms with Gasteiger partial charge in [-0.2, -0.15) is 0 Å². The van der Waals surface area contributed by atoms with Gasteiger partial charge in [0.1, 0.15) is 0 Å². The van der Waals surface area contributed by atoms with Crippen LogP contribution < -0.4 is 0 Å². The van der Waals surface area contributed by atoms with Gasteiger partial charge in [-0.3, -0.25) is 0 Å². The Morgan fingerprint density at radius 3 is 1.43 bits per heavy atom. The molecule has 42 valence electrons. The molecule has 0 aliphatic carbocycles. The first kappa shape index (κ1) is 8.66. The molecule has 0 N–H and O–H groups in total. The van der Waals surface area contributed by atoms with Gasteiger partial charge >= 0.3 is 0 Å². The van der Waals surface area contributed by atoms with E-state index in [9.17, 15) is 0 Å². The Morgan fingerprint density at radius 1 is 1.29 bits per heavy atom. The second kappa shape index (κ2) is 2.99. The van der Waals surface area contributed by atoms with E-state index in [-0.39, 0.29) is 2.14 Å². The van der Waals surface area contributed by atoms with Crippen molar-refractivity contribution in [2.45, 2.75) is 2.14 Å². The second-order valence-corrected chi connectivity index (χ2v) is 8.62. The number of hydrogen-bond donors (Lipinski definition) is 0. The van der Waals surface area contributed by atoms with Crippen LogP contribution in [-0.4, -0.2) is 2.14 Å². The molecule has 0 atom stereocenters. The molecule has 0 aliphatic rings. The van der Waals surface area contributed by atoms with Gasteiger partial charge in [0, 0.05) is 4.48 Å². The van der Waals surface area contributed by atoms with Gasteiger partial charge in [-0.15, -0.1) is 0 Å². The Morgan fingerprint density at radius 2 is 1.43 bits per heavy atom. The molecule has 4 heteroatoms. The van der Waals surface area contributed by atoms with E-state index in [1.807, 2.05) is 0 Å². The first-order valence-corrected chi connectivity index (χ1v) is 4.53. The van der Waals surface area contributed by atoms with Crippen molar-refractivity contribution < 1.29 is 0 Å². The van der Waals surface area contributed by atoms with Gasteiger partial charge in [-0.1, -0.05) is 70.3 Å². The number of hydrogen-bond acceptors (Lipinski definition) is 0. The normalized spacial score (nSPS) is 11.4. The van der Waals surface area contributed by atoms with Gasteiger partial charge in [0.15, 0.2) is 2.14 Å². The smallest absolute Gasteiger partial charge is 0.0857 e. The predicted molar refractivity (Wildman–Crippen MR) is 47.6 cm³/mol. The molecule has 0 spiro atoms. The van der Waals surface area contributed by atoms with Gasteiger partial charge < -0.3 is 0 Å². The molecule has 0 saturated carbocycles. The van der Waals surface area contributed by atoms with Gasteiger partial charge in [-0.25, -0.2) is 0 Å². The lowest BCUT2D eigenvalue weighted by molar-refractivity contribution is 1.64. The van der Waals surface area contributed by atoms with Crippen molar-refractivity contribution in [3.05, 3.63) is 11.1 Å². The summed E-state index contributed by atoms with van der Waals surface area (Å²) in [4.78, 5) is 0. The van der Waals surface area contributed by atoms with Crippen LogP contribution in [-0.2, 0) is 0 Å². The fraction of sp³-hybridized carbons (Fsp3) is 0.333. The lowest BCUT2D eigenvalue weighted by Crippen LogP contribution is -1.94. The van der Waals surface area contributed by atoms with Crippen molar-refractivity contribution in [1.29, 1.82) is 0 Å². The molecule has 0 aromatic carbocycles. The fourth-order valence-corrected chi connectivity index (χ4v) is 0. The monoisotopic (exact) mass is 354 g/mol. The van der Waals surface area contributed by atoms with Crippen LogP contribution in [0.2, 0.25) is 0 Å². The minimum atomic E-state index is -0.340. The zero-order chi connectivity index (χ0) is 6.08. The molecule has 0 radical (unpaired) electrons. The minimum absolute atomic E-state index is 0.340. The van der Waals surface area contributed by atoms with Crippen molar-refractivity contribution in [2.24, 2.45) is 0 Å². The number of alkyl halides is 3. The van der Waals surface area contributed by atoms with Crippen LogP contribution in [0.4, 0.5) is 0 Å². The zero-order valence-corrected chi connectivity index (χ0v) is 9.56. The minimum Gasteiger partial charge on any atom is -0.0857 e. The zero-order valence-electron chi connectivity index (χ0n) is 3.22. The summed E-state index contributed by atoms with van der Waals surface area (Å²) in [5, 5.41) is 0. The van der Waals surface area contributed by atoms with Crippen molar-refractivity contribution in [1.82, 2.24) is 0 Å². The molecule has 7 heavy (non-hydrogen) atoms. The van der Waals surface area contributed by atoms with E-state index in [2.05, 4.69) is 70.3 Å². The Balaban J connectivity index is 3.79. The van der Waals surface area contributed by atoms with Gasteiger partial charge in [0.2, 0.25) is 0 Å². The summed E-state index contributed by atoms with van der Waals surface area (Å²) < 4.78 is 0.465. The highest BCUT2D eigenvalue weighted by Crippen LogP contribution is 2.42. The van der Waals surface area contributed by atoms with Crippen LogP contribution in [0.15, 0.2) is 11.1 Å². The van der Waals surface area contributed by atoms with E-state index in [0.717, 1.165) is 4.48 Å². The first-order valence-electron chi connectivity index (χ1n) is 1.36. The molecule has 0 bridgehead atoms. The Bertz CT molecular complexity index is 79.4. The molecule has 0 heterocycles. The van der Waals surface area contributed by atoms with Gasteiger partial charge in [-0.05, 0) is 0 Å². The summed E-state index contributed by atoms with van der Waals surface area (Å²) >= 11 is 12.8. The van der Waals surface area contributed by atoms with E-state index >= 15 is 0 Å². The molecule has 0 unspecified atom stereocenters. The molecule has 0 aliphatic heterocycles. The third-order valence-corrected chi connectivity index (χ3v) is 3.93. The Kier molecular flexibility index (Phi) is 3.70. The van der Waals surface area contributed by atoms with Crippen molar-refractivity contribution >= 4 is 63.7 Å². The van der Waals surface area contributed by atoms with Crippen LogP contribution in [0.25, 0.3) is 0 Å². The number of halogens is 4. The molecular formula is C3H2Br4. The summed E-state index contributed by atoms with van der Waals surface area (Å²) in [5.74, 6) is 0. The van der Waals surface area contributed by atoms with Gasteiger partial charge in [0.25, 0.3) is 0 Å². The van der Waals surface area contributed by atoms with E-state index in [1.54, 1.807) is 0 Å². The molecule has 0 nitrogen and oxygen atoms in total. The molecule has 0 aromatic heterocycles. The summed E-state index contributed by atoms with van der Waals surface area (Å²) in [6.07, 6.45) is 0. The maximum Gasteiger partial charge on any atom is 0.165 e. The maximum atomic E-state index is 3.60. The van der Waals surface area contributed by atoms with Crippen LogP contribution in [0.1, 0.15) is 0 Å². The lowest BCUT2D eigenvalue weighted by atomic mass is 10.8. The molecule has 0 fully saturated rings. The maximum absolute atomic E-state index is 3.60. The van der Waals surface area contributed by atoms with Crippen LogP contribution in [0.5, 0.6) is 0 Å². The topological polar surface area (TPSA) is 0 Å². The average molecular weight is 358 g/mol. The summed E-state index contributed by atoms with van der Waals surface area (Å²) in [6, 6.07) is 0. The van der Waals surface area contributed by atoms with E-state index < -0.39 is 0 Å². The van der Waals surface area contributed by atoms with E-state index in [1.165, 1.54) is 0 Å². The lowest BCUT2D eigenvalue weighted by Gasteiger charge is -2.07. The Labute approximate surface area is 76.2 Å². The molecule has 0 saturated heterocycles. The summed E-state index contributed by atoms with van der Waals surface area (Å²) in [7, 11) is 0. The Hall–Kier alpha value is 1.66. The molecule has 0 amide bonds. The quantitative estimate of drug-likeness (QED) is 0.580. The third-order valence-electron chi connectivity index (χ3n) is 0.308. The van der Waals surface area contributed by atoms with E-state index in [4.69, 9.17) is 0 Å². The van der Waals surface area contributed by atoms with Crippen molar-refractivity contribution in [2.75, 3.05) is 0 Å². The average Bonchev–Trinajstić information content (AvgIpc) is 1.31. The van der Waals surface area contributed by atoms with Crippen LogP contribution in [0.3, 0.4) is 0 Å². The number of allylic oxidation sites excluding steroid dienone is 1. The standard InChI is InChI=1S/C3H2Br4/c1-2(4)3(5,6)7/h1H2. The number of rotatable bonds is 0. The van der Waals surface area contributed by atoms with Crippen LogP contribution in [0, 0.1) is 0 Å². The van der Waals surface area contributed by atoms with Crippen molar-refractivity contribution in [3.63, 3.8) is 0 Å². The SMILES string of the molecule is C=C(Br)C(Br)(Br)Br. The summed E-state index contributed by atoms with van der Waals surface area (Å²) in [5.41, 5.74) is 0. The second-order valence-electron chi connectivity index (χ2n) is 0.903. The van der Waals surface area contributed by atoms with E-state index in [0.29, 0.717) is 0 Å². The highest BCUT2D eigenvalue weighted by atomic mass is 80.0. The molecule has 0 rings (SSSR count). The first-order chi connectivity index (χ1) is 2.94. The summed E-state index contributed by atoms with van der Waals surface area (Å²) in [6.45, 7) is 3.60. The van der Waals surface area contributed by atoms with Crippen LogP contribution >= 0.6 is 63.7 Å². The van der Waals surface area contributed by atoms with Crippen molar-refractivity contribution in [3.8, 4) is 0 Å². The molecular weight excluding hydrogens is 356 g/mol. The third kappa shape index (κ3) is 4.18. The molecule has 0 aromatic rings. The van der Waals surface area contributed by atoms with Gasteiger partial charge in [0.05, 0.1) is 0 Å². The fourth-order valence-electron chi connectivity index (χ4n) is 0.